The van der Waals surface area contributed by atoms with Gasteiger partial charge in [-0.1, -0.05) is 30.3 Å². The Kier molecular flexibility index (Phi) is 5.85. The first-order chi connectivity index (χ1) is 13.8. The van der Waals surface area contributed by atoms with Crippen LogP contribution in [-0.4, -0.2) is 32.2 Å². The first-order valence-electron chi connectivity index (χ1n) is 9.35. The van der Waals surface area contributed by atoms with Crippen LogP contribution in [0.25, 0.3) is 16.5 Å². The van der Waals surface area contributed by atoms with Gasteiger partial charge in [0.1, 0.15) is 0 Å². The summed E-state index contributed by atoms with van der Waals surface area (Å²) in [7, 11) is 0. The summed E-state index contributed by atoms with van der Waals surface area (Å²) in [5, 5.41) is 2.92. The van der Waals surface area contributed by atoms with Gasteiger partial charge in [0.05, 0.1) is 13.2 Å². The number of nitrogens with one attached hydrogen (secondary N) is 1. The van der Waals surface area contributed by atoms with E-state index in [0.29, 0.717) is 0 Å². The van der Waals surface area contributed by atoms with Crippen molar-refractivity contribution in [1.29, 1.82) is 0 Å². The Morgan fingerprint density at radius 3 is 2.46 bits per heavy atom. The van der Waals surface area contributed by atoms with Gasteiger partial charge in [0.15, 0.2) is 0 Å². The monoisotopic (exact) mass is 390 g/mol. The number of morpholine rings is 1. The minimum Gasteiger partial charge on any atom is -0.378 e. The van der Waals surface area contributed by atoms with Gasteiger partial charge in [-0.15, -0.1) is 11.3 Å². The van der Waals surface area contributed by atoms with Crippen molar-refractivity contribution in [1.82, 2.24) is 0 Å². The Bertz CT molecular complexity index is 942. The van der Waals surface area contributed by atoms with E-state index in [1.165, 1.54) is 10.4 Å². The quantitative estimate of drug-likeness (QED) is 0.630. The molecule has 1 N–H and O–H groups in total. The average molecular weight is 391 g/mol. The summed E-state index contributed by atoms with van der Waals surface area (Å²) in [4.78, 5) is 16.8. The van der Waals surface area contributed by atoms with Crippen LogP contribution in [0.4, 0.5) is 11.4 Å². The van der Waals surface area contributed by atoms with Gasteiger partial charge >= 0.3 is 0 Å². The van der Waals surface area contributed by atoms with Crippen LogP contribution >= 0.6 is 11.3 Å². The van der Waals surface area contributed by atoms with Crippen LogP contribution in [0.15, 0.2) is 72.8 Å². The molecular weight excluding hydrogens is 368 g/mol. The topological polar surface area (TPSA) is 41.6 Å². The van der Waals surface area contributed by atoms with Crippen molar-refractivity contribution in [3.05, 3.63) is 77.7 Å². The summed E-state index contributed by atoms with van der Waals surface area (Å²) >= 11 is 1.67. The van der Waals surface area contributed by atoms with E-state index in [4.69, 9.17) is 4.74 Å². The van der Waals surface area contributed by atoms with Crippen molar-refractivity contribution >= 4 is 34.7 Å². The van der Waals surface area contributed by atoms with Crippen molar-refractivity contribution in [3.8, 4) is 10.4 Å². The molecule has 0 unspecified atom stereocenters. The Morgan fingerprint density at radius 2 is 1.71 bits per heavy atom. The van der Waals surface area contributed by atoms with Gasteiger partial charge in [0.2, 0.25) is 5.91 Å². The molecule has 0 bridgehead atoms. The molecule has 142 valence electrons. The third-order valence-electron chi connectivity index (χ3n) is 4.60. The standard InChI is InChI=1S/C23H22N2O2S/c26-23(13-11-21-10-12-22(28-21)18-4-2-1-3-5-18)24-19-6-8-20(9-7-19)25-14-16-27-17-15-25/h1-13H,14-17H2,(H,24,26)/b13-11+. The van der Waals surface area contributed by atoms with Crippen molar-refractivity contribution in [2.24, 2.45) is 0 Å². The van der Waals surface area contributed by atoms with Gasteiger partial charge < -0.3 is 15.0 Å². The lowest BCUT2D eigenvalue weighted by Gasteiger charge is -2.28. The molecule has 5 heteroatoms. The number of nitrogens with zero attached hydrogens (tertiary/aromatic N) is 1. The molecular formula is C23H22N2O2S. The first-order valence-corrected chi connectivity index (χ1v) is 10.2. The fourth-order valence-electron chi connectivity index (χ4n) is 3.12. The molecule has 0 radical (unpaired) electrons. The van der Waals surface area contributed by atoms with E-state index in [2.05, 4.69) is 28.4 Å². The van der Waals surface area contributed by atoms with E-state index < -0.39 is 0 Å². The predicted molar refractivity (Wildman–Crippen MR) is 117 cm³/mol. The van der Waals surface area contributed by atoms with Crippen LogP contribution in [0, 0.1) is 0 Å². The van der Waals surface area contributed by atoms with E-state index in [1.54, 1.807) is 17.4 Å². The molecule has 1 saturated heterocycles. The molecule has 0 atom stereocenters. The van der Waals surface area contributed by atoms with Crippen LogP contribution < -0.4 is 10.2 Å². The van der Waals surface area contributed by atoms with Crippen LogP contribution in [0.3, 0.4) is 0 Å². The van der Waals surface area contributed by atoms with Crippen molar-refractivity contribution in [3.63, 3.8) is 0 Å². The molecule has 1 amide bonds. The first kappa shape index (κ1) is 18.5. The number of anilines is 2. The van der Waals surface area contributed by atoms with Crippen LogP contribution in [0.2, 0.25) is 0 Å². The lowest BCUT2D eigenvalue weighted by Crippen LogP contribution is -2.36. The van der Waals surface area contributed by atoms with Crippen LogP contribution in [0.1, 0.15) is 4.88 Å². The second-order valence-electron chi connectivity index (χ2n) is 6.54. The number of ether oxygens (including phenoxy) is 1. The van der Waals surface area contributed by atoms with Gasteiger partial charge in [0.25, 0.3) is 0 Å². The lowest BCUT2D eigenvalue weighted by molar-refractivity contribution is -0.111. The summed E-state index contributed by atoms with van der Waals surface area (Å²) in [6.07, 6.45) is 3.44. The molecule has 0 aliphatic carbocycles. The molecule has 4 rings (SSSR count). The van der Waals surface area contributed by atoms with E-state index >= 15 is 0 Å². The maximum absolute atomic E-state index is 12.2. The number of benzene rings is 2. The van der Waals surface area contributed by atoms with Crippen LogP contribution in [0.5, 0.6) is 0 Å². The third kappa shape index (κ3) is 4.68. The zero-order chi connectivity index (χ0) is 19.2. The third-order valence-corrected chi connectivity index (χ3v) is 5.69. The number of carbonyl (C=O) groups is 1. The molecule has 1 fully saturated rings. The number of hydrogen-bond acceptors (Lipinski definition) is 4. The van der Waals surface area contributed by atoms with Crippen molar-refractivity contribution in [2.45, 2.75) is 0 Å². The molecule has 2 heterocycles. The van der Waals surface area contributed by atoms with Gasteiger partial charge in [-0.3, -0.25) is 4.79 Å². The highest BCUT2D eigenvalue weighted by Gasteiger charge is 2.11. The number of amides is 1. The fraction of sp³-hybridized carbons (Fsp3) is 0.174. The molecule has 0 saturated carbocycles. The maximum Gasteiger partial charge on any atom is 0.248 e. The highest BCUT2D eigenvalue weighted by Crippen LogP contribution is 2.28. The molecule has 4 nitrogen and oxygen atoms in total. The number of hydrogen-bond donors (Lipinski definition) is 1. The van der Waals surface area contributed by atoms with Gasteiger partial charge in [-0.2, -0.15) is 0 Å². The highest BCUT2D eigenvalue weighted by atomic mass is 32.1. The number of thiophene rings is 1. The Labute approximate surface area is 169 Å². The Morgan fingerprint density at radius 1 is 0.964 bits per heavy atom. The van der Waals surface area contributed by atoms with Crippen molar-refractivity contribution in [2.75, 3.05) is 36.5 Å². The van der Waals surface area contributed by atoms with Gasteiger partial charge in [-0.25, -0.2) is 0 Å². The minimum absolute atomic E-state index is 0.131. The molecule has 0 spiro atoms. The smallest absolute Gasteiger partial charge is 0.248 e. The summed E-state index contributed by atoms with van der Waals surface area (Å²) in [6, 6.07) is 22.3. The Hall–Kier alpha value is -2.89. The molecule has 2 aromatic carbocycles. The highest BCUT2D eigenvalue weighted by molar-refractivity contribution is 7.16. The van der Waals surface area contributed by atoms with E-state index in [-0.39, 0.29) is 5.91 Å². The maximum atomic E-state index is 12.2. The van der Waals surface area contributed by atoms with Gasteiger partial charge in [0, 0.05) is 40.3 Å². The molecule has 3 aromatic rings. The summed E-state index contributed by atoms with van der Waals surface area (Å²) in [6.45, 7) is 3.33. The normalized spacial score (nSPS) is 14.4. The summed E-state index contributed by atoms with van der Waals surface area (Å²) < 4.78 is 5.38. The zero-order valence-electron chi connectivity index (χ0n) is 15.5. The number of rotatable bonds is 5. The minimum atomic E-state index is -0.131. The van der Waals surface area contributed by atoms with E-state index in [0.717, 1.165) is 42.6 Å². The largest absolute Gasteiger partial charge is 0.378 e. The zero-order valence-corrected chi connectivity index (χ0v) is 16.3. The average Bonchev–Trinajstić information content (AvgIpc) is 3.23. The number of carbonyl (C=O) groups excluding carboxylic acids is 1. The molecule has 1 aromatic heterocycles. The van der Waals surface area contributed by atoms with Gasteiger partial charge in [-0.05, 0) is 48.0 Å². The molecule has 1 aliphatic heterocycles. The van der Waals surface area contributed by atoms with E-state index in [9.17, 15) is 4.79 Å². The predicted octanol–water partition coefficient (Wildman–Crippen LogP) is 4.90. The van der Waals surface area contributed by atoms with E-state index in [1.807, 2.05) is 54.6 Å². The Balaban J connectivity index is 1.34. The molecule has 28 heavy (non-hydrogen) atoms. The molecule has 1 aliphatic rings. The fourth-order valence-corrected chi connectivity index (χ4v) is 4.03. The van der Waals surface area contributed by atoms with Crippen LogP contribution in [-0.2, 0) is 9.53 Å². The second kappa shape index (κ2) is 8.87. The van der Waals surface area contributed by atoms with Crippen molar-refractivity contribution < 1.29 is 9.53 Å². The summed E-state index contributed by atoms with van der Waals surface area (Å²) in [5.41, 5.74) is 3.14. The second-order valence-corrected chi connectivity index (χ2v) is 7.65. The lowest BCUT2D eigenvalue weighted by atomic mass is 10.2. The SMILES string of the molecule is O=C(/C=C/c1ccc(-c2ccccc2)s1)Nc1ccc(N2CCOCC2)cc1. The summed E-state index contributed by atoms with van der Waals surface area (Å²) in [5.74, 6) is -0.131.